The highest BCUT2D eigenvalue weighted by atomic mass is 79.9. The predicted molar refractivity (Wildman–Crippen MR) is 56.6 cm³/mol. The number of nitrogens with zero attached hydrogens (tertiary/aromatic N) is 1. The topological polar surface area (TPSA) is 79.7 Å². The molecule has 0 radical (unpaired) electrons. The quantitative estimate of drug-likeness (QED) is 0.828. The molecule has 0 unspecified atom stereocenters. The molecule has 100 valence electrons. The minimum Gasteiger partial charge on any atom is -0.506 e. The molecule has 0 saturated carbocycles. The van der Waals surface area contributed by atoms with Gasteiger partial charge in [0.2, 0.25) is 5.88 Å². The van der Waals surface area contributed by atoms with Gasteiger partial charge in [0.25, 0.3) is 0 Å². The van der Waals surface area contributed by atoms with Crippen LogP contribution < -0.4 is 4.74 Å². The van der Waals surface area contributed by atoms with Gasteiger partial charge in [-0.1, -0.05) is 15.9 Å². The summed E-state index contributed by atoms with van der Waals surface area (Å²) in [5.74, 6) is -2.58. The summed E-state index contributed by atoms with van der Waals surface area (Å²) in [6.45, 7) is 0. The third-order valence-corrected chi connectivity index (χ3v) is 2.34. The van der Waals surface area contributed by atoms with Gasteiger partial charge < -0.3 is 14.9 Å². The summed E-state index contributed by atoms with van der Waals surface area (Å²) in [4.78, 5) is 13.9. The third-order valence-electron chi connectivity index (χ3n) is 1.81. The van der Waals surface area contributed by atoms with Crippen LogP contribution in [0, 0.1) is 0 Å². The lowest BCUT2D eigenvalue weighted by Gasteiger charge is -2.12. The summed E-state index contributed by atoms with van der Waals surface area (Å²) in [6, 6.07) is 0.739. The van der Waals surface area contributed by atoms with E-state index in [1.54, 1.807) is 0 Å². The minimum atomic E-state index is -4.94. The molecule has 2 N–H and O–H groups in total. The highest BCUT2D eigenvalue weighted by molar-refractivity contribution is 9.08. The molecule has 0 aliphatic heterocycles. The first-order valence-corrected chi connectivity index (χ1v) is 5.60. The van der Waals surface area contributed by atoms with Crippen LogP contribution in [0.1, 0.15) is 11.3 Å². The molecule has 5 nitrogen and oxygen atoms in total. The first-order chi connectivity index (χ1) is 8.23. The van der Waals surface area contributed by atoms with Crippen LogP contribution in [0.3, 0.4) is 0 Å². The van der Waals surface area contributed by atoms with Crippen LogP contribution in [-0.4, -0.2) is 27.5 Å². The zero-order valence-electron chi connectivity index (χ0n) is 8.66. The number of aromatic nitrogens is 1. The van der Waals surface area contributed by atoms with E-state index in [0.717, 1.165) is 6.07 Å². The van der Waals surface area contributed by atoms with Crippen LogP contribution in [-0.2, 0) is 16.5 Å². The molecule has 0 fully saturated rings. The lowest BCUT2D eigenvalue weighted by molar-refractivity contribution is -0.276. The zero-order chi connectivity index (χ0) is 13.9. The maximum atomic E-state index is 12.0. The Hall–Kier alpha value is -1.51. The van der Waals surface area contributed by atoms with E-state index in [2.05, 4.69) is 25.7 Å². The number of hydrogen-bond donors (Lipinski definition) is 2. The molecule has 0 bridgehead atoms. The fourth-order valence-corrected chi connectivity index (χ4v) is 1.57. The van der Waals surface area contributed by atoms with Crippen molar-refractivity contribution in [1.82, 2.24) is 4.98 Å². The van der Waals surface area contributed by atoms with Crippen molar-refractivity contribution in [1.29, 1.82) is 0 Å². The number of alkyl halides is 4. The van der Waals surface area contributed by atoms with Crippen molar-refractivity contribution >= 4 is 21.9 Å². The molecule has 0 saturated heterocycles. The third kappa shape index (κ3) is 4.06. The van der Waals surface area contributed by atoms with Gasteiger partial charge in [-0.2, -0.15) is 0 Å². The lowest BCUT2D eigenvalue weighted by atomic mass is 10.1. The minimum absolute atomic E-state index is 0.0412. The smallest absolute Gasteiger partial charge is 0.506 e. The monoisotopic (exact) mass is 329 g/mol. The number of carboxylic acid groups (broad SMARTS) is 1. The summed E-state index contributed by atoms with van der Waals surface area (Å²) in [5, 5.41) is 18.1. The van der Waals surface area contributed by atoms with Gasteiger partial charge in [0, 0.05) is 17.0 Å². The molecule has 1 aromatic rings. The molecule has 18 heavy (non-hydrogen) atoms. The van der Waals surface area contributed by atoms with Crippen molar-refractivity contribution in [2.24, 2.45) is 0 Å². The maximum absolute atomic E-state index is 12.0. The molecular formula is C9H7BrF3NO4. The van der Waals surface area contributed by atoms with Gasteiger partial charge in [-0.15, -0.1) is 13.2 Å². The number of ether oxygens (including phenoxy) is 1. The largest absolute Gasteiger partial charge is 0.574 e. The van der Waals surface area contributed by atoms with Crippen LogP contribution in [0.15, 0.2) is 6.07 Å². The molecule has 9 heteroatoms. The summed E-state index contributed by atoms with van der Waals surface area (Å²) >= 11 is 2.92. The van der Waals surface area contributed by atoms with Crippen LogP contribution in [0.4, 0.5) is 13.2 Å². The molecule has 1 rings (SSSR count). The molecule has 1 aromatic heterocycles. The molecule has 0 spiro atoms. The van der Waals surface area contributed by atoms with Crippen LogP contribution in [0.5, 0.6) is 11.6 Å². The molecule has 0 atom stereocenters. The molecular weight excluding hydrogens is 323 g/mol. The van der Waals surface area contributed by atoms with Gasteiger partial charge >= 0.3 is 12.3 Å². The molecule has 0 amide bonds. The van der Waals surface area contributed by atoms with E-state index in [1.807, 2.05) is 0 Å². The molecule has 0 aromatic carbocycles. The van der Waals surface area contributed by atoms with Crippen LogP contribution >= 0.6 is 15.9 Å². The Morgan fingerprint density at radius 2 is 2.11 bits per heavy atom. The SMILES string of the molecule is O=C(O)Cc1cc(OC(F)(F)F)nc(CBr)c1O. The second-order valence-electron chi connectivity index (χ2n) is 3.17. The number of aromatic hydroxyl groups is 1. The first kappa shape index (κ1) is 14.6. The Balaban J connectivity index is 3.17. The van der Waals surface area contributed by atoms with Gasteiger partial charge in [-0.05, 0) is 0 Å². The number of hydrogen-bond acceptors (Lipinski definition) is 4. The molecule has 0 aliphatic carbocycles. The number of carboxylic acids is 1. The van der Waals surface area contributed by atoms with Crippen LogP contribution in [0.25, 0.3) is 0 Å². The van der Waals surface area contributed by atoms with Crippen molar-refractivity contribution in [3.8, 4) is 11.6 Å². The van der Waals surface area contributed by atoms with Crippen molar-refractivity contribution in [2.45, 2.75) is 18.1 Å². The van der Waals surface area contributed by atoms with Gasteiger partial charge in [-0.25, -0.2) is 4.98 Å². The average Bonchev–Trinajstić information content (AvgIpc) is 2.19. The standard InChI is InChI=1S/C9H7BrF3NO4/c10-3-5-8(17)4(2-7(15)16)1-6(14-5)18-9(11,12)13/h1,17H,2-3H2,(H,15,16). The second kappa shape index (κ2) is 5.42. The van der Waals surface area contributed by atoms with E-state index in [-0.39, 0.29) is 16.6 Å². The summed E-state index contributed by atoms with van der Waals surface area (Å²) in [6.07, 6.45) is -5.57. The Kier molecular flexibility index (Phi) is 4.38. The number of pyridine rings is 1. The number of rotatable bonds is 4. The van der Waals surface area contributed by atoms with Crippen molar-refractivity contribution in [2.75, 3.05) is 0 Å². The first-order valence-electron chi connectivity index (χ1n) is 4.48. The average molecular weight is 330 g/mol. The van der Waals surface area contributed by atoms with E-state index < -0.39 is 30.4 Å². The van der Waals surface area contributed by atoms with Gasteiger partial charge in [-0.3, -0.25) is 4.79 Å². The van der Waals surface area contributed by atoms with Crippen molar-refractivity contribution < 1.29 is 32.9 Å². The lowest BCUT2D eigenvalue weighted by Crippen LogP contribution is -2.18. The van der Waals surface area contributed by atoms with Crippen LogP contribution in [0.2, 0.25) is 0 Å². The normalized spacial score (nSPS) is 11.3. The van der Waals surface area contributed by atoms with E-state index in [0.29, 0.717) is 0 Å². The number of halogens is 4. The Morgan fingerprint density at radius 3 is 2.56 bits per heavy atom. The number of carbonyl (C=O) groups is 1. The Morgan fingerprint density at radius 1 is 1.50 bits per heavy atom. The van der Waals surface area contributed by atoms with Crippen molar-refractivity contribution in [3.63, 3.8) is 0 Å². The second-order valence-corrected chi connectivity index (χ2v) is 3.73. The number of aliphatic carboxylic acids is 1. The van der Waals surface area contributed by atoms with Crippen molar-refractivity contribution in [3.05, 3.63) is 17.3 Å². The fraction of sp³-hybridized carbons (Fsp3) is 0.333. The Bertz CT molecular complexity index is 464. The van der Waals surface area contributed by atoms with Gasteiger partial charge in [0.1, 0.15) is 5.75 Å². The zero-order valence-corrected chi connectivity index (χ0v) is 10.2. The van der Waals surface area contributed by atoms with Gasteiger partial charge in [0.05, 0.1) is 12.1 Å². The highest BCUT2D eigenvalue weighted by Gasteiger charge is 2.32. The fourth-order valence-electron chi connectivity index (χ4n) is 1.18. The summed E-state index contributed by atoms with van der Waals surface area (Å²) < 4.78 is 39.6. The highest BCUT2D eigenvalue weighted by Crippen LogP contribution is 2.30. The predicted octanol–water partition coefficient (Wildman–Crippen LogP) is 2.21. The van der Waals surface area contributed by atoms with E-state index >= 15 is 0 Å². The summed E-state index contributed by atoms with van der Waals surface area (Å²) in [7, 11) is 0. The van der Waals surface area contributed by atoms with E-state index in [4.69, 9.17) is 5.11 Å². The molecule has 1 heterocycles. The van der Waals surface area contributed by atoms with E-state index in [9.17, 15) is 23.1 Å². The van der Waals surface area contributed by atoms with Gasteiger partial charge in [0.15, 0.2) is 0 Å². The maximum Gasteiger partial charge on any atom is 0.574 e. The summed E-state index contributed by atoms with van der Waals surface area (Å²) in [5.41, 5.74) is -0.334. The van der Waals surface area contributed by atoms with E-state index in [1.165, 1.54) is 0 Å². The Labute approximate surface area is 107 Å². The molecule has 0 aliphatic rings.